The fraction of sp³-hybridized carbons (Fsp3) is 0.583. The molecule has 3 nitrogen and oxygen atoms in total. The lowest BCUT2D eigenvalue weighted by Crippen LogP contribution is -2.48. The molecule has 0 saturated heterocycles. The van der Waals surface area contributed by atoms with Gasteiger partial charge in [-0.15, -0.1) is 0 Å². The Morgan fingerprint density at radius 2 is 2.25 bits per heavy atom. The summed E-state index contributed by atoms with van der Waals surface area (Å²) in [6.45, 7) is 6.56. The second kappa shape index (κ2) is 5.46. The first-order valence-corrected chi connectivity index (χ1v) is 6.40. The van der Waals surface area contributed by atoms with E-state index in [0.29, 0.717) is 6.54 Å². The molecule has 0 fully saturated rings. The van der Waals surface area contributed by atoms with Crippen LogP contribution in [0.4, 0.5) is 0 Å². The molecule has 1 heterocycles. The Labute approximate surface area is 101 Å². The summed E-state index contributed by atoms with van der Waals surface area (Å²) in [6.07, 6.45) is 0.867. The summed E-state index contributed by atoms with van der Waals surface area (Å²) in [5.74, 6) is -0.0669. The normalized spacial score (nSPS) is 13.5. The third-order valence-corrected chi connectivity index (χ3v) is 3.24. The van der Waals surface area contributed by atoms with E-state index in [0.717, 1.165) is 6.42 Å². The predicted octanol–water partition coefficient (Wildman–Crippen LogP) is 1.78. The van der Waals surface area contributed by atoms with Gasteiger partial charge >= 0.3 is 0 Å². The fourth-order valence-corrected chi connectivity index (χ4v) is 1.97. The maximum absolute atomic E-state index is 11.7. The Hall–Kier alpha value is -0.870. The summed E-state index contributed by atoms with van der Waals surface area (Å²) < 4.78 is 0. The molecule has 3 N–H and O–H groups in total. The lowest BCUT2D eigenvalue weighted by molar-refractivity contribution is -0.124. The van der Waals surface area contributed by atoms with Crippen LogP contribution < -0.4 is 11.1 Å². The first-order valence-electron chi connectivity index (χ1n) is 5.45. The van der Waals surface area contributed by atoms with Crippen molar-refractivity contribution in [3.63, 3.8) is 0 Å². The lowest BCUT2D eigenvalue weighted by Gasteiger charge is -2.25. The van der Waals surface area contributed by atoms with Crippen molar-refractivity contribution in [3.8, 4) is 0 Å². The van der Waals surface area contributed by atoms with E-state index in [1.807, 2.05) is 26.2 Å². The molecule has 16 heavy (non-hydrogen) atoms. The number of nitrogens with two attached hydrogens (primary N) is 1. The van der Waals surface area contributed by atoms with Crippen molar-refractivity contribution in [2.45, 2.75) is 33.2 Å². The van der Waals surface area contributed by atoms with Gasteiger partial charge in [-0.1, -0.05) is 20.8 Å². The number of nitrogens with one attached hydrogen (secondary N) is 1. The van der Waals surface area contributed by atoms with Gasteiger partial charge in [-0.25, -0.2) is 0 Å². The molecule has 1 unspecified atom stereocenters. The van der Waals surface area contributed by atoms with Crippen LogP contribution in [0.5, 0.6) is 0 Å². The zero-order valence-corrected chi connectivity index (χ0v) is 10.9. The number of hydrogen-bond donors (Lipinski definition) is 2. The number of rotatable bonds is 4. The van der Waals surface area contributed by atoms with Crippen molar-refractivity contribution in [2.24, 2.45) is 11.1 Å². The van der Waals surface area contributed by atoms with Crippen molar-refractivity contribution in [3.05, 3.63) is 22.4 Å². The fourth-order valence-electron chi connectivity index (χ4n) is 1.27. The molecule has 1 atom stereocenters. The number of carbonyl (C=O) groups excluding carboxylic acids is 1. The highest BCUT2D eigenvalue weighted by atomic mass is 32.1. The van der Waals surface area contributed by atoms with Gasteiger partial charge in [-0.3, -0.25) is 4.79 Å². The van der Waals surface area contributed by atoms with Crippen LogP contribution in [0.1, 0.15) is 26.3 Å². The maximum Gasteiger partial charge on any atom is 0.237 e. The van der Waals surface area contributed by atoms with Crippen LogP contribution in [-0.4, -0.2) is 18.5 Å². The van der Waals surface area contributed by atoms with Crippen LogP contribution in [0, 0.1) is 5.41 Å². The van der Waals surface area contributed by atoms with Gasteiger partial charge in [0.2, 0.25) is 5.91 Å². The molecule has 1 aromatic heterocycles. The molecule has 0 aromatic carbocycles. The van der Waals surface area contributed by atoms with Crippen molar-refractivity contribution in [2.75, 3.05) is 6.54 Å². The Morgan fingerprint density at radius 1 is 1.56 bits per heavy atom. The van der Waals surface area contributed by atoms with Gasteiger partial charge in [-0.2, -0.15) is 11.3 Å². The van der Waals surface area contributed by atoms with Gasteiger partial charge in [0.05, 0.1) is 6.04 Å². The summed E-state index contributed by atoms with van der Waals surface area (Å²) in [4.78, 5) is 11.7. The van der Waals surface area contributed by atoms with E-state index in [1.165, 1.54) is 5.56 Å². The van der Waals surface area contributed by atoms with Gasteiger partial charge in [0.25, 0.3) is 0 Å². The van der Waals surface area contributed by atoms with Crippen LogP contribution in [0.2, 0.25) is 0 Å². The van der Waals surface area contributed by atoms with E-state index < -0.39 is 6.04 Å². The third kappa shape index (κ3) is 3.94. The molecule has 0 saturated carbocycles. The summed E-state index contributed by atoms with van der Waals surface area (Å²) in [7, 11) is 0. The average Bonchev–Trinajstić information content (AvgIpc) is 2.67. The van der Waals surface area contributed by atoms with Crippen molar-refractivity contribution >= 4 is 17.2 Å². The van der Waals surface area contributed by atoms with Crippen LogP contribution in [0.25, 0.3) is 0 Å². The molecule has 1 amide bonds. The lowest BCUT2D eigenvalue weighted by atomic mass is 9.87. The molecule has 0 aliphatic heterocycles. The summed E-state index contributed by atoms with van der Waals surface area (Å²) in [6, 6.07) is 1.62. The number of thiophene rings is 1. The third-order valence-electron chi connectivity index (χ3n) is 2.51. The Bertz CT molecular complexity index is 327. The minimum Gasteiger partial charge on any atom is -0.354 e. The van der Waals surface area contributed by atoms with E-state index in [1.54, 1.807) is 11.3 Å². The van der Waals surface area contributed by atoms with Crippen LogP contribution >= 0.6 is 11.3 Å². The highest BCUT2D eigenvalue weighted by molar-refractivity contribution is 7.07. The summed E-state index contributed by atoms with van der Waals surface area (Å²) in [5.41, 5.74) is 6.91. The molecule has 0 bridgehead atoms. The molecule has 0 radical (unpaired) electrons. The topological polar surface area (TPSA) is 55.1 Å². The second-order valence-electron chi connectivity index (χ2n) is 5.02. The average molecular weight is 240 g/mol. The van der Waals surface area contributed by atoms with Gasteiger partial charge in [0.15, 0.2) is 0 Å². The largest absolute Gasteiger partial charge is 0.354 e. The molecule has 1 aromatic rings. The van der Waals surface area contributed by atoms with Gasteiger partial charge < -0.3 is 11.1 Å². The molecular weight excluding hydrogens is 220 g/mol. The highest BCUT2D eigenvalue weighted by Gasteiger charge is 2.26. The van der Waals surface area contributed by atoms with E-state index >= 15 is 0 Å². The van der Waals surface area contributed by atoms with E-state index in [4.69, 9.17) is 5.73 Å². The van der Waals surface area contributed by atoms with Crippen molar-refractivity contribution in [1.82, 2.24) is 5.32 Å². The second-order valence-corrected chi connectivity index (χ2v) is 5.80. The van der Waals surface area contributed by atoms with E-state index in [-0.39, 0.29) is 11.3 Å². The monoisotopic (exact) mass is 240 g/mol. The zero-order valence-electron chi connectivity index (χ0n) is 10.1. The molecule has 0 aliphatic carbocycles. The maximum atomic E-state index is 11.7. The molecule has 90 valence electrons. The van der Waals surface area contributed by atoms with Crippen molar-refractivity contribution in [1.29, 1.82) is 0 Å². The zero-order chi connectivity index (χ0) is 12.2. The predicted molar refractivity (Wildman–Crippen MR) is 68.5 cm³/mol. The molecule has 0 aliphatic rings. The quantitative estimate of drug-likeness (QED) is 0.843. The molecular formula is C12H20N2OS. The van der Waals surface area contributed by atoms with Gasteiger partial charge in [0, 0.05) is 6.54 Å². The van der Waals surface area contributed by atoms with Crippen molar-refractivity contribution < 1.29 is 4.79 Å². The number of hydrogen-bond acceptors (Lipinski definition) is 3. The van der Waals surface area contributed by atoms with E-state index in [9.17, 15) is 4.79 Å². The minimum atomic E-state index is -0.449. The van der Waals surface area contributed by atoms with Gasteiger partial charge in [0.1, 0.15) is 0 Å². The smallest absolute Gasteiger partial charge is 0.237 e. The molecule has 4 heteroatoms. The highest BCUT2D eigenvalue weighted by Crippen LogP contribution is 2.17. The standard InChI is InChI=1S/C12H20N2OS/c1-12(2,3)10(13)11(15)14-6-4-9-5-7-16-8-9/h5,7-8,10H,4,6,13H2,1-3H3,(H,14,15). The molecule has 1 rings (SSSR count). The number of amides is 1. The Kier molecular flexibility index (Phi) is 4.50. The Morgan fingerprint density at radius 3 is 2.75 bits per heavy atom. The first-order chi connectivity index (χ1) is 7.41. The van der Waals surface area contributed by atoms with Crippen LogP contribution in [-0.2, 0) is 11.2 Å². The SMILES string of the molecule is CC(C)(C)C(N)C(=O)NCCc1ccsc1. The number of carbonyl (C=O) groups is 1. The van der Waals surface area contributed by atoms with Crippen LogP contribution in [0.15, 0.2) is 16.8 Å². The summed E-state index contributed by atoms with van der Waals surface area (Å²) in [5, 5.41) is 7.00. The summed E-state index contributed by atoms with van der Waals surface area (Å²) >= 11 is 1.67. The minimum absolute atomic E-state index is 0.0669. The Balaban J connectivity index is 2.30. The first kappa shape index (κ1) is 13.2. The molecule has 0 spiro atoms. The van der Waals surface area contributed by atoms with E-state index in [2.05, 4.69) is 16.8 Å². The van der Waals surface area contributed by atoms with Crippen LogP contribution in [0.3, 0.4) is 0 Å². The van der Waals surface area contributed by atoms with Gasteiger partial charge in [-0.05, 0) is 34.2 Å².